The Bertz CT molecular complexity index is 1360. The van der Waals surface area contributed by atoms with Crippen LogP contribution in [0.25, 0.3) is 22.4 Å². The van der Waals surface area contributed by atoms with Gasteiger partial charge in [-0.05, 0) is 49.2 Å². The van der Waals surface area contributed by atoms with Crippen molar-refractivity contribution < 1.29 is 22.8 Å². The largest absolute Gasteiger partial charge is 0.418 e. The molecule has 0 radical (unpaired) electrons. The monoisotopic (exact) mass is 525 g/mol. The Labute approximate surface area is 217 Å². The SMILES string of the molecule is CC=O.CNc1ccc(C)c(-c2cncc(-c3cc(NC)ncn3)c2)c1.O=Cc1cc(C(F)(F)F)cnn1. The van der Waals surface area contributed by atoms with E-state index in [2.05, 4.69) is 67.0 Å². The summed E-state index contributed by atoms with van der Waals surface area (Å²) in [5.41, 5.74) is 5.04. The number of pyridine rings is 1. The van der Waals surface area contributed by atoms with Gasteiger partial charge in [0.25, 0.3) is 0 Å². The molecular formula is C26H26F3N7O2. The molecule has 4 aromatic rings. The molecule has 0 fully saturated rings. The summed E-state index contributed by atoms with van der Waals surface area (Å²) in [5, 5.41) is 12.4. The van der Waals surface area contributed by atoms with Crippen LogP contribution in [0.5, 0.6) is 0 Å². The van der Waals surface area contributed by atoms with E-state index in [1.165, 1.54) is 12.5 Å². The highest BCUT2D eigenvalue weighted by Crippen LogP contribution is 2.29. The molecule has 0 aliphatic heterocycles. The summed E-state index contributed by atoms with van der Waals surface area (Å²) < 4.78 is 35.8. The van der Waals surface area contributed by atoms with Gasteiger partial charge in [0.1, 0.15) is 24.1 Å². The minimum atomic E-state index is -4.48. The molecule has 2 N–H and O–H groups in total. The van der Waals surface area contributed by atoms with Gasteiger partial charge in [-0.15, -0.1) is 5.10 Å². The average Bonchev–Trinajstić information content (AvgIpc) is 2.94. The van der Waals surface area contributed by atoms with Crippen LogP contribution >= 0.6 is 0 Å². The zero-order chi connectivity index (χ0) is 28.1. The number of aldehydes is 2. The third-order valence-corrected chi connectivity index (χ3v) is 4.92. The number of carbonyl (C=O) groups excluding carboxylic acids is 2. The van der Waals surface area contributed by atoms with Crippen molar-refractivity contribution >= 4 is 24.1 Å². The Morgan fingerprint density at radius 2 is 1.61 bits per heavy atom. The molecule has 0 amide bonds. The van der Waals surface area contributed by atoms with Crippen LogP contribution in [0, 0.1) is 6.92 Å². The van der Waals surface area contributed by atoms with Crippen LogP contribution in [-0.2, 0) is 11.0 Å². The van der Waals surface area contributed by atoms with Crippen LogP contribution in [0.4, 0.5) is 24.7 Å². The van der Waals surface area contributed by atoms with Crippen LogP contribution in [0.1, 0.15) is 28.5 Å². The Kier molecular flexibility index (Phi) is 11.0. The molecule has 0 bridgehead atoms. The quantitative estimate of drug-likeness (QED) is 0.342. The number of hydrogen-bond donors (Lipinski definition) is 2. The predicted molar refractivity (Wildman–Crippen MR) is 139 cm³/mol. The molecule has 9 nitrogen and oxygen atoms in total. The van der Waals surface area contributed by atoms with E-state index in [0.717, 1.165) is 40.2 Å². The summed E-state index contributed by atoms with van der Waals surface area (Å²) >= 11 is 0. The number of aryl methyl sites for hydroxylation is 1. The lowest BCUT2D eigenvalue weighted by Crippen LogP contribution is -2.07. The number of anilines is 2. The first-order chi connectivity index (χ1) is 18.2. The first-order valence-corrected chi connectivity index (χ1v) is 11.2. The lowest BCUT2D eigenvalue weighted by molar-refractivity contribution is -0.138. The number of halogens is 3. The van der Waals surface area contributed by atoms with Crippen molar-refractivity contribution in [3.8, 4) is 22.4 Å². The van der Waals surface area contributed by atoms with Crippen LogP contribution in [0.2, 0.25) is 0 Å². The molecule has 0 saturated heterocycles. The van der Waals surface area contributed by atoms with Gasteiger partial charge in [-0.1, -0.05) is 6.07 Å². The lowest BCUT2D eigenvalue weighted by atomic mass is 9.99. The molecule has 12 heteroatoms. The number of rotatable bonds is 5. The summed E-state index contributed by atoms with van der Waals surface area (Å²) in [5.74, 6) is 0.786. The second kappa shape index (κ2) is 14.1. The van der Waals surface area contributed by atoms with E-state index in [1.807, 2.05) is 32.6 Å². The molecule has 1 aromatic carbocycles. The molecule has 3 heterocycles. The Balaban J connectivity index is 0.000000284. The topological polar surface area (TPSA) is 123 Å². The molecule has 0 atom stereocenters. The van der Waals surface area contributed by atoms with Crippen molar-refractivity contribution in [1.82, 2.24) is 25.1 Å². The Hall–Kier alpha value is -4.74. The van der Waals surface area contributed by atoms with Gasteiger partial charge in [0.2, 0.25) is 0 Å². The maximum absolute atomic E-state index is 11.9. The van der Waals surface area contributed by atoms with Gasteiger partial charge in [0, 0.05) is 49.4 Å². The van der Waals surface area contributed by atoms with E-state index in [4.69, 9.17) is 4.79 Å². The molecule has 0 aliphatic rings. The highest BCUT2D eigenvalue weighted by molar-refractivity contribution is 5.75. The smallest absolute Gasteiger partial charge is 0.388 e. The van der Waals surface area contributed by atoms with E-state index < -0.39 is 11.7 Å². The van der Waals surface area contributed by atoms with Gasteiger partial charge in [-0.3, -0.25) is 9.78 Å². The molecule has 198 valence electrons. The van der Waals surface area contributed by atoms with Gasteiger partial charge in [-0.2, -0.15) is 18.3 Å². The maximum atomic E-state index is 11.9. The summed E-state index contributed by atoms with van der Waals surface area (Å²) in [6, 6.07) is 11.0. The molecule has 3 aromatic heterocycles. The highest BCUT2D eigenvalue weighted by Gasteiger charge is 2.31. The van der Waals surface area contributed by atoms with E-state index in [-0.39, 0.29) is 12.0 Å². The van der Waals surface area contributed by atoms with Gasteiger partial charge in [-0.25, -0.2) is 9.97 Å². The molecule has 0 unspecified atom stereocenters. The standard InChI is InChI=1S/C18H19N5.C6H3F3N2O.C2H4O/c1-12-4-5-15(19-2)7-16(12)13-6-14(10-21-9-13)17-8-18(20-3)23-11-22-17;7-6(8,9)4-1-5(3-12)11-10-2-4;1-2-3/h4-11,19H,1-3H3,(H,20,22,23);1-3H;2H,1H3. The maximum Gasteiger partial charge on any atom is 0.418 e. The number of hydrogen-bond acceptors (Lipinski definition) is 9. The number of nitrogens with one attached hydrogen (secondary N) is 2. The number of carbonyl (C=O) groups is 2. The summed E-state index contributed by atoms with van der Waals surface area (Å²) in [6.07, 6.45) is 2.30. The summed E-state index contributed by atoms with van der Waals surface area (Å²) in [4.78, 5) is 31.7. The zero-order valence-electron chi connectivity index (χ0n) is 21.1. The van der Waals surface area contributed by atoms with Crippen molar-refractivity contribution in [2.45, 2.75) is 20.0 Å². The van der Waals surface area contributed by atoms with Gasteiger partial charge < -0.3 is 15.4 Å². The lowest BCUT2D eigenvalue weighted by Gasteiger charge is -2.10. The minimum Gasteiger partial charge on any atom is -0.388 e. The Morgan fingerprint density at radius 1 is 0.895 bits per heavy atom. The third kappa shape index (κ3) is 8.43. The van der Waals surface area contributed by atoms with Crippen LogP contribution in [0.3, 0.4) is 0 Å². The fourth-order valence-electron chi connectivity index (χ4n) is 3.06. The second-order valence-electron chi connectivity index (χ2n) is 7.50. The van der Waals surface area contributed by atoms with E-state index in [1.54, 1.807) is 6.33 Å². The first-order valence-electron chi connectivity index (χ1n) is 11.2. The average molecular weight is 526 g/mol. The van der Waals surface area contributed by atoms with Gasteiger partial charge >= 0.3 is 6.18 Å². The normalized spacial score (nSPS) is 10.2. The van der Waals surface area contributed by atoms with Crippen molar-refractivity contribution in [2.24, 2.45) is 0 Å². The fraction of sp³-hybridized carbons (Fsp3) is 0.192. The fourth-order valence-corrected chi connectivity index (χ4v) is 3.06. The van der Waals surface area contributed by atoms with Crippen LogP contribution in [-0.4, -0.2) is 51.8 Å². The van der Waals surface area contributed by atoms with Gasteiger partial charge in [0.05, 0.1) is 17.5 Å². The molecule has 4 rings (SSSR count). The van der Waals surface area contributed by atoms with Crippen molar-refractivity contribution in [2.75, 3.05) is 24.7 Å². The van der Waals surface area contributed by atoms with Crippen LogP contribution in [0.15, 0.2) is 61.3 Å². The number of aromatic nitrogens is 5. The molecule has 0 saturated carbocycles. The van der Waals surface area contributed by atoms with Crippen molar-refractivity contribution in [3.05, 3.63) is 78.1 Å². The summed E-state index contributed by atoms with van der Waals surface area (Å²) in [6.45, 7) is 3.55. The summed E-state index contributed by atoms with van der Waals surface area (Å²) in [7, 11) is 3.76. The number of benzene rings is 1. The molecule has 38 heavy (non-hydrogen) atoms. The number of nitrogens with zero attached hydrogens (tertiary/aromatic N) is 5. The van der Waals surface area contributed by atoms with Crippen molar-refractivity contribution in [3.63, 3.8) is 0 Å². The van der Waals surface area contributed by atoms with Gasteiger partial charge in [0.15, 0.2) is 6.29 Å². The second-order valence-corrected chi connectivity index (χ2v) is 7.50. The van der Waals surface area contributed by atoms with Crippen LogP contribution < -0.4 is 10.6 Å². The highest BCUT2D eigenvalue weighted by atomic mass is 19.4. The van der Waals surface area contributed by atoms with E-state index in [9.17, 15) is 18.0 Å². The predicted octanol–water partition coefficient (Wildman–Crippen LogP) is 5.11. The van der Waals surface area contributed by atoms with E-state index in [0.29, 0.717) is 12.3 Å². The Morgan fingerprint density at radius 3 is 2.24 bits per heavy atom. The first kappa shape index (κ1) is 29.5. The number of alkyl halides is 3. The minimum absolute atomic E-state index is 0.211. The molecule has 0 aliphatic carbocycles. The third-order valence-electron chi connectivity index (χ3n) is 4.92. The zero-order valence-corrected chi connectivity index (χ0v) is 21.1. The van der Waals surface area contributed by atoms with Crippen molar-refractivity contribution in [1.29, 1.82) is 0 Å². The van der Waals surface area contributed by atoms with E-state index >= 15 is 0 Å². The molecule has 0 spiro atoms. The molecular weight excluding hydrogens is 499 g/mol.